The molecule has 0 saturated carbocycles. The highest BCUT2D eigenvalue weighted by atomic mass is 35.5. The molecule has 0 amide bonds. The zero-order valence-electron chi connectivity index (χ0n) is 20.2. The van der Waals surface area contributed by atoms with Crippen molar-refractivity contribution in [3.05, 3.63) is 40.7 Å². The lowest BCUT2D eigenvalue weighted by atomic mass is 10.0. The first kappa shape index (κ1) is 26.0. The van der Waals surface area contributed by atoms with Crippen LogP contribution >= 0.6 is 23.1 Å². The van der Waals surface area contributed by atoms with Gasteiger partial charge >= 0.3 is 0 Å². The fourth-order valence-electron chi connectivity index (χ4n) is 4.40. The highest BCUT2D eigenvalue weighted by Gasteiger charge is 2.16. The fourth-order valence-corrected chi connectivity index (χ4v) is 5.13. The maximum Gasteiger partial charge on any atom is 0.136 e. The van der Waals surface area contributed by atoms with E-state index in [9.17, 15) is 0 Å². The van der Waals surface area contributed by atoms with Gasteiger partial charge in [0, 0.05) is 26.7 Å². The molecule has 0 aliphatic heterocycles. The number of benzene rings is 2. The largest absolute Gasteiger partial charge is 0.492 e. The van der Waals surface area contributed by atoms with Gasteiger partial charge in [0.05, 0.1) is 6.61 Å². The number of halogens is 1. The summed E-state index contributed by atoms with van der Waals surface area (Å²) < 4.78 is 10.3. The summed E-state index contributed by atoms with van der Waals surface area (Å²) in [6.07, 6.45) is 19.0. The first-order chi connectivity index (χ1) is 16.3. The van der Waals surface area contributed by atoms with Crippen molar-refractivity contribution in [2.24, 2.45) is 0 Å². The summed E-state index contributed by atoms with van der Waals surface area (Å²) in [7, 11) is 0. The molecule has 2 aromatic carbocycles. The molecule has 3 aromatic rings. The predicted octanol–water partition coefficient (Wildman–Crippen LogP) is 9.87. The maximum atomic E-state index is 6.55. The Labute approximate surface area is 209 Å². The second-order valence-electron chi connectivity index (χ2n) is 9.02. The lowest BCUT2D eigenvalue weighted by Crippen LogP contribution is -2.00. The third-order valence-corrected chi connectivity index (χ3v) is 7.14. The van der Waals surface area contributed by atoms with Crippen LogP contribution in [0.15, 0.2) is 35.7 Å². The van der Waals surface area contributed by atoms with Gasteiger partial charge in [0.1, 0.15) is 11.4 Å². The first-order valence-electron chi connectivity index (χ1n) is 12.9. The topological polar surface area (TPSA) is 35.0 Å². The van der Waals surface area contributed by atoms with E-state index in [1.165, 1.54) is 95.0 Å². The predicted molar refractivity (Wildman–Crippen MR) is 144 cm³/mol. The van der Waals surface area contributed by atoms with Crippen LogP contribution in [0.5, 0.6) is 5.75 Å². The zero-order chi connectivity index (χ0) is 23.1. The minimum Gasteiger partial charge on any atom is -0.492 e. The lowest BCUT2D eigenvalue weighted by molar-refractivity contribution is 0.308. The summed E-state index contributed by atoms with van der Waals surface area (Å²) in [5.74, 6) is 0.873. The quantitative estimate of drug-likeness (QED) is 0.178. The molecule has 1 heterocycles. The maximum absolute atomic E-state index is 6.55. The van der Waals surface area contributed by atoms with Crippen molar-refractivity contribution in [1.29, 1.82) is 0 Å². The highest BCUT2D eigenvalue weighted by Crippen LogP contribution is 2.40. The number of hydrogen-bond donors (Lipinski definition) is 0. The van der Waals surface area contributed by atoms with E-state index >= 15 is 0 Å². The van der Waals surface area contributed by atoms with Gasteiger partial charge in [-0.1, -0.05) is 131 Å². The minimum atomic E-state index is 0.716. The Morgan fingerprint density at radius 1 is 0.788 bits per heavy atom. The Hall–Kier alpha value is -1.65. The summed E-state index contributed by atoms with van der Waals surface area (Å²) in [4.78, 5) is 0. The molecule has 0 saturated heterocycles. The Morgan fingerprint density at radius 2 is 1.36 bits per heavy atom. The number of rotatable bonds is 17. The number of fused-ring (bicyclic) bond motifs is 1. The minimum absolute atomic E-state index is 0.716. The van der Waals surface area contributed by atoms with Gasteiger partial charge in [-0.25, -0.2) is 0 Å². The van der Waals surface area contributed by atoms with Crippen molar-refractivity contribution in [1.82, 2.24) is 9.59 Å². The van der Waals surface area contributed by atoms with E-state index < -0.39 is 0 Å². The molecule has 0 fully saturated rings. The van der Waals surface area contributed by atoms with Gasteiger partial charge in [-0.15, -0.1) is 5.10 Å². The van der Waals surface area contributed by atoms with Gasteiger partial charge in [-0.2, -0.15) is 0 Å². The van der Waals surface area contributed by atoms with Gasteiger partial charge in [-0.3, -0.25) is 0 Å². The molecule has 33 heavy (non-hydrogen) atoms. The molecule has 180 valence electrons. The van der Waals surface area contributed by atoms with Crippen molar-refractivity contribution < 1.29 is 4.74 Å². The van der Waals surface area contributed by atoms with E-state index in [4.69, 9.17) is 16.3 Å². The molecule has 0 spiro atoms. The molecule has 0 N–H and O–H groups in total. The zero-order valence-corrected chi connectivity index (χ0v) is 21.7. The molecule has 3 rings (SSSR count). The van der Waals surface area contributed by atoms with E-state index in [-0.39, 0.29) is 0 Å². The van der Waals surface area contributed by atoms with Crippen LogP contribution < -0.4 is 4.74 Å². The summed E-state index contributed by atoms with van der Waals surface area (Å²) in [5.41, 5.74) is 1.75. The van der Waals surface area contributed by atoms with E-state index in [0.29, 0.717) is 6.61 Å². The van der Waals surface area contributed by atoms with Gasteiger partial charge < -0.3 is 4.74 Å². The third kappa shape index (κ3) is 8.57. The van der Waals surface area contributed by atoms with Gasteiger partial charge in [0.15, 0.2) is 0 Å². The van der Waals surface area contributed by atoms with Crippen LogP contribution in [-0.4, -0.2) is 16.2 Å². The van der Waals surface area contributed by atoms with E-state index in [2.05, 4.69) is 22.6 Å². The average Bonchev–Trinajstić information content (AvgIpc) is 3.37. The molecular formula is C28H39ClN2OS. The Kier molecular flexibility index (Phi) is 12.0. The van der Waals surface area contributed by atoms with Crippen LogP contribution in [0.3, 0.4) is 0 Å². The van der Waals surface area contributed by atoms with E-state index in [1.54, 1.807) is 0 Å². The summed E-state index contributed by atoms with van der Waals surface area (Å²) in [6.45, 7) is 3.00. The Balaban J connectivity index is 1.34. The summed E-state index contributed by atoms with van der Waals surface area (Å²) in [5, 5.41) is 8.97. The van der Waals surface area contributed by atoms with Gasteiger partial charge in [0.2, 0.25) is 0 Å². The van der Waals surface area contributed by atoms with Crippen LogP contribution in [-0.2, 0) is 0 Å². The molecule has 0 radical (unpaired) electrons. The third-order valence-electron chi connectivity index (χ3n) is 6.32. The smallest absolute Gasteiger partial charge is 0.136 e. The number of unbranched alkanes of at least 4 members (excludes halogenated alkanes) is 13. The molecular weight excluding hydrogens is 448 g/mol. The fraction of sp³-hybridized carbons (Fsp3) is 0.571. The Bertz CT molecular complexity index is 929. The normalized spacial score (nSPS) is 11.3. The molecule has 3 nitrogen and oxygen atoms in total. The van der Waals surface area contributed by atoms with E-state index in [0.717, 1.165) is 39.2 Å². The van der Waals surface area contributed by atoms with Crippen molar-refractivity contribution in [2.75, 3.05) is 6.61 Å². The number of hydrogen-bond acceptors (Lipinski definition) is 4. The highest BCUT2D eigenvalue weighted by molar-refractivity contribution is 7.03. The summed E-state index contributed by atoms with van der Waals surface area (Å²) >= 11 is 7.89. The van der Waals surface area contributed by atoms with Crippen molar-refractivity contribution in [3.63, 3.8) is 0 Å². The monoisotopic (exact) mass is 486 g/mol. The molecule has 0 aliphatic carbocycles. The molecule has 1 aromatic heterocycles. The molecule has 5 heteroatoms. The van der Waals surface area contributed by atoms with Gasteiger partial charge in [-0.05, 0) is 24.0 Å². The standard InChI is InChI=1S/C28H39ClN2OS/c1-2-3-4-5-6-7-8-9-10-11-12-13-14-17-20-32-28-24-19-16-15-18-23(24)26(29)21-25(28)27-22-33-31-30-27/h15-16,18-19,21-22H,2-14,17,20H2,1H3. The number of aromatic nitrogens is 2. The molecule has 0 bridgehead atoms. The molecule has 0 unspecified atom stereocenters. The van der Waals surface area contributed by atoms with Crippen LogP contribution in [0.1, 0.15) is 96.8 Å². The van der Waals surface area contributed by atoms with Crippen LogP contribution in [0.2, 0.25) is 5.02 Å². The first-order valence-corrected chi connectivity index (χ1v) is 14.1. The van der Waals surface area contributed by atoms with Crippen molar-refractivity contribution in [2.45, 2.75) is 96.8 Å². The number of nitrogens with zero attached hydrogens (tertiary/aromatic N) is 2. The second-order valence-corrected chi connectivity index (χ2v) is 10.0. The number of ether oxygens (including phenoxy) is 1. The average molecular weight is 487 g/mol. The summed E-state index contributed by atoms with van der Waals surface area (Å²) in [6, 6.07) is 10.1. The van der Waals surface area contributed by atoms with Gasteiger partial charge in [0.25, 0.3) is 0 Å². The Morgan fingerprint density at radius 3 is 1.94 bits per heavy atom. The van der Waals surface area contributed by atoms with Crippen LogP contribution in [0.4, 0.5) is 0 Å². The second kappa shape index (κ2) is 15.3. The van der Waals surface area contributed by atoms with Crippen LogP contribution in [0, 0.1) is 0 Å². The van der Waals surface area contributed by atoms with Crippen LogP contribution in [0.25, 0.3) is 22.0 Å². The molecule has 0 atom stereocenters. The van der Waals surface area contributed by atoms with Crippen molar-refractivity contribution in [3.8, 4) is 17.0 Å². The van der Waals surface area contributed by atoms with E-state index in [1.807, 2.05) is 29.6 Å². The lowest BCUT2D eigenvalue weighted by Gasteiger charge is -2.14. The van der Waals surface area contributed by atoms with Crippen molar-refractivity contribution >= 4 is 33.9 Å². The SMILES string of the molecule is CCCCCCCCCCCCCCCCOc1c(-c2csnn2)cc(Cl)c2ccccc12. The molecule has 0 aliphatic rings.